The molecule has 28 heavy (non-hydrogen) atoms. The predicted octanol–water partition coefficient (Wildman–Crippen LogP) is 3.77. The smallest absolute Gasteiger partial charge is 0.251 e. The highest BCUT2D eigenvalue weighted by molar-refractivity contribution is 5.95. The molecular formula is C21H23N3O4. The molecule has 0 aliphatic carbocycles. The lowest BCUT2D eigenvalue weighted by Crippen LogP contribution is -2.26. The van der Waals surface area contributed by atoms with E-state index in [1.54, 1.807) is 37.7 Å². The van der Waals surface area contributed by atoms with E-state index in [0.717, 1.165) is 22.6 Å². The van der Waals surface area contributed by atoms with Crippen molar-refractivity contribution < 1.29 is 18.8 Å². The first-order valence-corrected chi connectivity index (χ1v) is 8.93. The van der Waals surface area contributed by atoms with Crippen molar-refractivity contribution in [1.82, 2.24) is 15.5 Å². The van der Waals surface area contributed by atoms with Crippen LogP contribution < -0.4 is 14.8 Å². The van der Waals surface area contributed by atoms with Gasteiger partial charge in [-0.1, -0.05) is 5.16 Å². The molecule has 1 aromatic carbocycles. The molecule has 0 saturated heterocycles. The summed E-state index contributed by atoms with van der Waals surface area (Å²) < 4.78 is 16.4. The number of carbonyl (C=O) groups is 1. The van der Waals surface area contributed by atoms with Gasteiger partial charge in [0.25, 0.3) is 5.91 Å². The van der Waals surface area contributed by atoms with Gasteiger partial charge in [0.1, 0.15) is 12.4 Å². The maximum absolute atomic E-state index is 12.6. The zero-order valence-corrected chi connectivity index (χ0v) is 16.4. The average Bonchev–Trinajstić information content (AvgIpc) is 3.04. The molecule has 3 aromatic rings. The van der Waals surface area contributed by atoms with Crippen LogP contribution in [-0.4, -0.2) is 23.2 Å². The van der Waals surface area contributed by atoms with Crippen LogP contribution in [0.1, 0.15) is 45.9 Å². The molecule has 1 atom stereocenters. The number of methoxy groups -OCH3 is 1. The first-order valence-electron chi connectivity index (χ1n) is 8.93. The third-order valence-corrected chi connectivity index (χ3v) is 4.53. The van der Waals surface area contributed by atoms with Crippen LogP contribution in [-0.2, 0) is 6.61 Å². The Morgan fingerprint density at radius 3 is 2.57 bits per heavy atom. The molecule has 1 unspecified atom stereocenters. The summed E-state index contributed by atoms with van der Waals surface area (Å²) in [5.41, 5.74) is 3.16. The fraction of sp³-hybridized carbons (Fsp3) is 0.286. The minimum absolute atomic E-state index is 0.142. The Balaban J connectivity index is 1.71. The molecule has 0 aliphatic rings. The molecule has 0 radical (unpaired) electrons. The SMILES string of the molecule is COc1cc(C(=O)NC(C)c2ccncc2)ccc1OCc1c(C)noc1C. The number of rotatable bonds is 7. The third-order valence-electron chi connectivity index (χ3n) is 4.53. The van der Waals surface area contributed by atoms with Gasteiger partial charge in [0, 0.05) is 18.0 Å². The van der Waals surface area contributed by atoms with Gasteiger partial charge in [0.2, 0.25) is 0 Å². The minimum Gasteiger partial charge on any atom is -0.493 e. The third kappa shape index (κ3) is 4.31. The minimum atomic E-state index is -0.195. The van der Waals surface area contributed by atoms with Crippen LogP contribution in [0.15, 0.2) is 47.2 Å². The Bertz CT molecular complexity index is 934. The Hall–Kier alpha value is -3.35. The number of benzene rings is 1. The molecule has 7 nitrogen and oxygen atoms in total. The van der Waals surface area contributed by atoms with Gasteiger partial charge in [-0.05, 0) is 56.7 Å². The van der Waals surface area contributed by atoms with Crippen LogP contribution in [0.2, 0.25) is 0 Å². The first-order chi connectivity index (χ1) is 13.5. The number of aryl methyl sites for hydroxylation is 2. The molecule has 0 aliphatic heterocycles. The Labute approximate surface area is 163 Å². The van der Waals surface area contributed by atoms with Crippen molar-refractivity contribution in [3.63, 3.8) is 0 Å². The summed E-state index contributed by atoms with van der Waals surface area (Å²) in [4.78, 5) is 16.6. The molecule has 0 fully saturated rings. The van der Waals surface area contributed by atoms with E-state index < -0.39 is 0 Å². The van der Waals surface area contributed by atoms with Gasteiger partial charge in [-0.15, -0.1) is 0 Å². The standard InChI is InChI=1S/C21H23N3O4/c1-13(16-7-9-22-10-8-16)23-21(25)17-5-6-19(20(11-17)26-4)27-12-18-14(2)24-28-15(18)3/h5-11,13H,12H2,1-4H3,(H,23,25). The number of hydrogen-bond acceptors (Lipinski definition) is 6. The van der Waals surface area contributed by atoms with Gasteiger partial charge in [-0.2, -0.15) is 0 Å². The molecule has 0 saturated carbocycles. The summed E-state index contributed by atoms with van der Waals surface area (Å²) >= 11 is 0. The maximum atomic E-state index is 12.6. The second kappa shape index (κ2) is 8.56. The van der Waals surface area contributed by atoms with Crippen molar-refractivity contribution in [2.75, 3.05) is 7.11 Å². The van der Waals surface area contributed by atoms with Crippen LogP contribution >= 0.6 is 0 Å². The molecule has 0 spiro atoms. The lowest BCUT2D eigenvalue weighted by atomic mass is 10.1. The summed E-state index contributed by atoms with van der Waals surface area (Å²) in [5, 5.41) is 6.89. The molecule has 1 amide bonds. The normalized spacial score (nSPS) is 11.7. The summed E-state index contributed by atoms with van der Waals surface area (Å²) in [7, 11) is 1.54. The lowest BCUT2D eigenvalue weighted by Gasteiger charge is -2.15. The summed E-state index contributed by atoms with van der Waals surface area (Å²) in [6.07, 6.45) is 3.40. The van der Waals surface area contributed by atoms with E-state index in [9.17, 15) is 4.79 Å². The number of aromatic nitrogens is 2. The number of carbonyl (C=O) groups excluding carboxylic acids is 1. The van der Waals surface area contributed by atoms with E-state index in [1.807, 2.05) is 32.9 Å². The highest BCUT2D eigenvalue weighted by Gasteiger charge is 2.16. The van der Waals surface area contributed by atoms with Crippen LogP contribution in [0.3, 0.4) is 0 Å². The zero-order valence-electron chi connectivity index (χ0n) is 16.4. The molecule has 146 valence electrons. The topological polar surface area (TPSA) is 86.5 Å². The number of hydrogen-bond donors (Lipinski definition) is 1. The average molecular weight is 381 g/mol. The highest BCUT2D eigenvalue weighted by atomic mass is 16.5. The van der Waals surface area contributed by atoms with Crippen LogP contribution in [0.5, 0.6) is 11.5 Å². The largest absolute Gasteiger partial charge is 0.493 e. The molecule has 1 N–H and O–H groups in total. The van der Waals surface area contributed by atoms with Crippen molar-refractivity contribution in [3.8, 4) is 11.5 Å². The molecule has 7 heteroatoms. The van der Waals surface area contributed by atoms with E-state index >= 15 is 0 Å². The number of nitrogens with one attached hydrogen (secondary N) is 1. The second-order valence-electron chi connectivity index (χ2n) is 6.43. The van der Waals surface area contributed by atoms with Crippen molar-refractivity contribution in [3.05, 3.63) is 70.9 Å². The van der Waals surface area contributed by atoms with Gasteiger partial charge in [0.15, 0.2) is 11.5 Å². The van der Waals surface area contributed by atoms with Gasteiger partial charge in [-0.25, -0.2) is 0 Å². The zero-order chi connectivity index (χ0) is 20.1. The van der Waals surface area contributed by atoms with Gasteiger partial charge in [-0.3, -0.25) is 9.78 Å². The van der Waals surface area contributed by atoms with E-state index in [4.69, 9.17) is 14.0 Å². The predicted molar refractivity (Wildman–Crippen MR) is 103 cm³/mol. The summed E-state index contributed by atoms with van der Waals surface area (Å²) in [6.45, 7) is 5.94. The fourth-order valence-corrected chi connectivity index (χ4v) is 2.80. The van der Waals surface area contributed by atoms with E-state index in [0.29, 0.717) is 23.7 Å². The highest BCUT2D eigenvalue weighted by Crippen LogP contribution is 2.29. The lowest BCUT2D eigenvalue weighted by molar-refractivity contribution is 0.0939. The van der Waals surface area contributed by atoms with Crippen molar-refractivity contribution in [1.29, 1.82) is 0 Å². The summed E-state index contributed by atoms with van der Waals surface area (Å²) in [5.74, 6) is 1.55. The van der Waals surface area contributed by atoms with E-state index in [1.165, 1.54) is 0 Å². The van der Waals surface area contributed by atoms with Crippen LogP contribution in [0.4, 0.5) is 0 Å². The van der Waals surface area contributed by atoms with Crippen LogP contribution in [0.25, 0.3) is 0 Å². The number of ether oxygens (including phenoxy) is 2. The van der Waals surface area contributed by atoms with Gasteiger partial charge in [0.05, 0.1) is 24.4 Å². The van der Waals surface area contributed by atoms with Gasteiger partial charge >= 0.3 is 0 Å². The van der Waals surface area contributed by atoms with Crippen molar-refractivity contribution in [2.45, 2.75) is 33.4 Å². The van der Waals surface area contributed by atoms with Crippen molar-refractivity contribution >= 4 is 5.91 Å². The molecule has 3 rings (SSSR count). The first kappa shape index (κ1) is 19.4. The molecule has 2 heterocycles. The quantitative estimate of drug-likeness (QED) is 0.670. The molecular weight excluding hydrogens is 358 g/mol. The molecule has 0 bridgehead atoms. The van der Waals surface area contributed by atoms with Gasteiger partial charge < -0.3 is 19.3 Å². The monoisotopic (exact) mass is 381 g/mol. The summed E-state index contributed by atoms with van der Waals surface area (Å²) in [6, 6.07) is 8.70. The Morgan fingerprint density at radius 1 is 1.18 bits per heavy atom. The maximum Gasteiger partial charge on any atom is 0.251 e. The van der Waals surface area contributed by atoms with E-state index in [2.05, 4.69) is 15.5 Å². The number of pyridine rings is 1. The Morgan fingerprint density at radius 2 is 1.93 bits per heavy atom. The van der Waals surface area contributed by atoms with Crippen molar-refractivity contribution in [2.24, 2.45) is 0 Å². The fourth-order valence-electron chi connectivity index (χ4n) is 2.80. The second-order valence-corrected chi connectivity index (χ2v) is 6.43. The Kier molecular flexibility index (Phi) is 5.93. The van der Waals surface area contributed by atoms with Crippen LogP contribution in [0, 0.1) is 13.8 Å². The number of nitrogens with zero attached hydrogens (tertiary/aromatic N) is 2. The van der Waals surface area contributed by atoms with E-state index in [-0.39, 0.29) is 11.9 Å². The number of amides is 1. The molecule has 2 aromatic heterocycles.